The summed E-state index contributed by atoms with van der Waals surface area (Å²) in [4.78, 5) is 27.5. The van der Waals surface area contributed by atoms with Crippen molar-refractivity contribution in [3.63, 3.8) is 0 Å². The molecule has 4 aromatic rings. The molecule has 2 heterocycles. The normalized spacial score (nSPS) is 11.0. The van der Waals surface area contributed by atoms with E-state index in [1.165, 1.54) is 22.7 Å². The van der Waals surface area contributed by atoms with Gasteiger partial charge in [0.25, 0.3) is 11.2 Å². The summed E-state index contributed by atoms with van der Waals surface area (Å²) >= 11 is 0. The van der Waals surface area contributed by atoms with Crippen LogP contribution in [0.5, 0.6) is 0 Å². The largest absolute Gasteiger partial charge is 0.289 e. The molecule has 0 aliphatic heterocycles. The number of hydrogen-bond acceptors (Lipinski definition) is 4. The van der Waals surface area contributed by atoms with Crippen LogP contribution in [0, 0.1) is 24.0 Å². The quantitative estimate of drug-likeness (QED) is 0.443. The maximum Gasteiger partial charge on any atom is 0.273 e. The van der Waals surface area contributed by atoms with Crippen LogP contribution in [0.3, 0.4) is 0 Å². The molecular weight excluding hydrogens is 344 g/mol. The summed E-state index contributed by atoms with van der Waals surface area (Å²) in [6.07, 6.45) is 0. The van der Waals surface area contributed by atoms with E-state index < -0.39 is 4.92 Å². The van der Waals surface area contributed by atoms with Crippen LogP contribution in [0.15, 0.2) is 59.4 Å². The SMILES string of the molecule is Cc1ccc(-c2[nH]n3c(=O)cc(-c4ccc([N+](=O)[O-])cc4)nc3c2C)cc1. The van der Waals surface area contributed by atoms with Gasteiger partial charge >= 0.3 is 0 Å². The number of nitrogens with zero attached hydrogens (tertiary/aromatic N) is 3. The molecule has 7 nitrogen and oxygen atoms in total. The van der Waals surface area contributed by atoms with Crippen molar-refractivity contribution in [1.29, 1.82) is 0 Å². The van der Waals surface area contributed by atoms with Crippen LogP contribution in [0.1, 0.15) is 11.1 Å². The van der Waals surface area contributed by atoms with Gasteiger partial charge in [0, 0.05) is 29.3 Å². The van der Waals surface area contributed by atoms with E-state index in [1.807, 2.05) is 38.1 Å². The molecule has 0 bridgehead atoms. The van der Waals surface area contributed by atoms with E-state index in [4.69, 9.17) is 0 Å². The van der Waals surface area contributed by atoms with Crippen molar-refractivity contribution < 1.29 is 4.92 Å². The second-order valence-electron chi connectivity index (χ2n) is 6.42. The molecule has 0 amide bonds. The third-order valence-corrected chi connectivity index (χ3v) is 4.57. The topological polar surface area (TPSA) is 93.3 Å². The fraction of sp³-hybridized carbons (Fsp3) is 0.100. The highest BCUT2D eigenvalue weighted by atomic mass is 16.6. The van der Waals surface area contributed by atoms with E-state index in [9.17, 15) is 14.9 Å². The Morgan fingerprint density at radius 2 is 1.63 bits per heavy atom. The van der Waals surface area contributed by atoms with Crippen LogP contribution in [0.25, 0.3) is 28.2 Å². The summed E-state index contributed by atoms with van der Waals surface area (Å²) in [6, 6.07) is 15.4. The van der Waals surface area contributed by atoms with Gasteiger partial charge < -0.3 is 0 Å². The highest BCUT2D eigenvalue weighted by molar-refractivity contribution is 5.72. The van der Waals surface area contributed by atoms with Gasteiger partial charge in [0.05, 0.1) is 16.3 Å². The maximum absolute atomic E-state index is 12.6. The van der Waals surface area contributed by atoms with Crippen molar-refractivity contribution in [2.24, 2.45) is 0 Å². The Kier molecular flexibility index (Phi) is 3.84. The molecule has 0 fully saturated rings. The standard InChI is InChI=1S/C20H16N4O3/c1-12-3-5-15(6-4-12)19-13(2)20-21-17(11-18(25)23(20)22-19)14-7-9-16(10-8-14)24(26)27/h3-11,22H,1-2H3. The highest BCUT2D eigenvalue weighted by Gasteiger charge is 2.14. The summed E-state index contributed by atoms with van der Waals surface area (Å²) in [5.41, 5.74) is 5.24. The van der Waals surface area contributed by atoms with Crippen molar-refractivity contribution in [2.75, 3.05) is 0 Å². The molecule has 0 aliphatic rings. The van der Waals surface area contributed by atoms with Crippen LogP contribution in [-0.2, 0) is 0 Å². The van der Waals surface area contributed by atoms with Gasteiger partial charge in [-0.2, -0.15) is 0 Å². The van der Waals surface area contributed by atoms with Gasteiger partial charge in [0.1, 0.15) is 0 Å². The molecule has 0 saturated heterocycles. The van der Waals surface area contributed by atoms with Gasteiger partial charge in [0.15, 0.2) is 5.65 Å². The first kappa shape index (κ1) is 16.7. The lowest BCUT2D eigenvalue weighted by Crippen LogP contribution is -2.14. The first-order valence-electron chi connectivity index (χ1n) is 8.38. The predicted octanol–water partition coefficient (Wildman–Crippen LogP) is 3.88. The maximum atomic E-state index is 12.6. The Morgan fingerprint density at radius 1 is 1.00 bits per heavy atom. The molecule has 0 saturated carbocycles. The number of benzene rings is 2. The molecule has 27 heavy (non-hydrogen) atoms. The van der Waals surface area contributed by atoms with Crippen LogP contribution in [0.2, 0.25) is 0 Å². The van der Waals surface area contributed by atoms with Crippen molar-refractivity contribution in [3.05, 3.63) is 86.2 Å². The van der Waals surface area contributed by atoms with E-state index in [0.717, 1.165) is 22.4 Å². The van der Waals surface area contributed by atoms with Crippen molar-refractivity contribution in [3.8, 4) is 22.5 Å². The molecule has 4 rings (SSSR count). The third kappa shape index (κ3) is 2.89. The number of H-pyrrole nitrogens is 1. The van der Waals surface area contributed by atoms with Crippen LogP contribution in [0.4, 0.5) is 5.69 Å². The summed E-state index contributed by atoms with van der Waals surface area (Å²) < 4.78 is 1.42. The molecule has 134 valence electrons. The summed E-state index contributed by atoms with van der Waals surface area (Å²) in [5.74, 6) is 0. The predicted molar refractivity (Wildman–Crippen MR) is 103 cm³/mol. The molecule has 0 unspecified atom stereocenters. The van der Waals surface area contributed by atoms with Crippen molar-refractivity contribution >= 4 is 11.3 Å². The molecule has 1 N–H and O–H groups in total. The van der Waals surface area contributed by atoms with Gasteiger partial charge in [-0.25, -0.2) is 9.50 Å². The van der Waals surface area contributed by atoms with Gasteiger partial charge in [-0.05, 0) is 31.5 Å². The van der Waals surface area contributed by atoms with Crippen LogP contribution < -0.4 is 5.56 Å². The zero-order valence-electron chi connectivity index (χ0n) is 14.8. The Labute approximate surface area is 154 Å². The van der Waals surface area contributed by atoms with Crippen molar-refractivity contribution in [1.82, 2.24) is 14.6 Å². The number of nitrogens with one attached hydrogen (secondary N) is 1. The zero-order valence-corrected chi connectivity index (χ0v) is 14.8. The average Bonchev–Trinajstić information content (AvgIpc) is 3.00. The minimum atomic E-state index is -0.459. The van der Waals surface area contributed by atoms with E-state index in [-0.39, 0.29) is 11.2 Å². The number of hydrogen-bond donors (Lipinski definition) is 1. The summed E-state index contributed by atoms with van der Waals surface area (Å²) in [5, 5.41) is 13.9. The minimum Gasteiger partial charge on any atom is -0.289 e. The number of aromatic amines is 1. The molecule has 0 spiro atoms. The number of aryl methyl sites for hydroxylation is 2. The number of nitro groups is 1. The zero-order chi connectivity index (χ0) is 19.1. The van der Waals surface area contributed by atoms with Crippen LogP contribution in [-0.4, -0.2) is 19.5 Å². The Hall–Kier alpha value is -3.74. The van der Waals surface area contributed by atoms with Gasteiger partial charge in [0.2, 0.25) is 0 Å². The Morgan fingerprint density at radius 3 is 2.26 bits per heavy atom. The molecule has 2 aromatic heterocycles. The number of fused-ring (bicyclic) bond motifs is 1. The second-order valence-corrected chi connectivity index (χ2v) is 6.42. The summed E-state index contributed by atoms with van der Waals surface area (Å²) in [7, 11) is 0. The highest BCUT2D eigenvalue weighted by Crippen LogP contribution is 2.26. The first-order chi connectivity index (χ1) is 12.9. The van der Waals surface area contributed by atoms with E-state index in [1.54, 1.807) is 12.1 Å². The minimum absolute atomic E-state index is 0.00367. The van der Waals surface area contributed by atoms with Crippen LogP contribution >= 0.6 is 0 Å². The molecule has 0 aliphatic carbocycles. The third-order valence-electron chi connectivity index (χ3n) is 4.57. The number of rotatable bonds is 3. The number of nitro benzene ring substituents is 1. The first-order valence-corrected chi connectivity index (χ1v) is 8.38. The number of aromatic nitrogens is 3. The molecule has 7 heteroatoms. The lowest BCUT2D eigenvalue weighted by molar-refractivity contribution is -0.384. The van der Waals surface area contributed by atoms with E-state index in [0.29, 0.717) is 16.9 Å². The lowest BCUT2D eigenvalue weighted by atomic mass is 10.1. The Bertz CT molecular complexity index is 1220. The van der Waals surface area contributed by atoms with Gasteiger partial charge in [-0.15, -0.1) is 0 Å². The molecule has 0 radical (unpaired) electrons. The van der Waals surface area contributed by atoms with E-state index >= 15 is 0 Å². The molecule has 2 aromatic carbocycles. The fourth-order valence-electron chi connectivity index (χ4n) is 3.05. The smallest absolute Gasteiger partial charge is 0.273 e. The van der Waals surface area contributed by atoms with E-state index in [2.05, 4.69) is 10.1 Å². The monoisotopic (exact) mass is 360 g/mol. The molecule has 0 atom stereocenters. The second kappa shape index (κ2) is 6.21. The average molecular weight is 360 g/mol. The molecular formula is C20H16N4O3. The number of non-ortho nitro benzene ring substituents is 1. The fourth-order valence-corrected chi connectivity index (χ4v) is 3.05. The van der Waals surface area contributed by atoms with Gasteiger partial charge in [-0.1, -0.05) is 29.8 Å². The summed E-state index contributed by atoms with van der Waals surface area (Å²) in [6.45, 7) is 3.93. The Balaban J connectivity index is 1.86. The van der Waals surface area contributed by atoms with Crippen molar-refractivity contribution in [2.45, 2.75) is 13.8 Å². The van der Waals surface area contributed by atoms with Gasteiger partial charge in [-0.3, -0.25) is 20.0 Å². The lowest BCUT2D eigenvalue weighted by Gasteiger charge is -2.01.